The molecule has 2 heterocycles. The first-order chi connectivity index (χ1) is 10.4. The van der Waals surface area contributed by atoms with E-state index in [-0.39, 0.29) is 10.8 Å². The first-order valence-electron chi connectivity index (χ1n) is 6.65. The normalized spacial score (nSPS) is 14.5. The quantitative estimate of drug-likeness (QED) is 0.858. The summed E-state index contributed by atoms with van der Waals surface area (Å²) in [4.78, 5) is 22.3. The average Bonchev–Trinajstić information content (AvgIpc) is 2.53. The fourth-order valence-corrected chi connectivity index (χ4v) is 2.93. The minimum Gasteiger partial charge on any atom is -0.334 e. The molecule has 2 N–H and O–H groups in total. The zero-order chi connectivity index (χ0) is 15.7. The van der Waals surface area contributed by atoms with E-state index in [0.29, 0.717) is 25.1 Å². The zero-order valence-corrected chi connectivity index (χ0v) is 12.5. The second-order valence-corrected chi connectivity index (χ2v) is 6.60. The van der Waals surface area contributed by atoms with Crippen LogP contribution < -0.4 is 5.14 Å². The minimum atomic E-state index is -3.75. The van der Waals surface area contributed by atoms with Crippen LogP contribution in [0.5, 0.6) is 0 Å². The van der Waals surface area contributed by atoms with Crippen molar-refractivity contribution in [1.82, 2.24) is 14.9 Å². The van der Waals surface area contributed by atoms with Crippen LogP contribution in [0.15, 0.2) is 41.7 Å². The fourth-order valence-electron chi connectivity index (χ4n) is 2.41. The number of carbonyl (C=O) groups is 1. The lowest BCUT2D eigenvalue weighted by Gasteiger charge is -2.27. The van der Waals surface area contributed by atoms with Gasteiger partial charge in [-0.3, -0.25) is 4.79 Å². The summed E-state index contributed by atoms with van der Waals surface area (Å²) >= 11 is 0. The third-order valence-corrected chi connectivity index (χ3v) is 4.51. The van der Waals surface area contributed by atoms with Crippen LogP contribution >= 0.6 is 0 Å². The molecule has 3 rings (SSSR count). The van der Waals surface area contributed by atoms with Gasteiger partial charge in [0.25, 0.3) is 5.91 Å². The summed E-state index contributed by atoms with van der Waals surface area (Å²) in [5.74, 6) is -0.157. The number of benzene rings is 1. The Morgan fingerprint density at radius 1 is 1.23 bits per heavy atom. The van der Waals surface area contributed by atoms with Gasteiger partial charge in [-0.05, 0) is 24.3 Å². The van der Waals surface area contributed by atoms with Crippen molar-refractivity contribution in [3.63, 3.8) is 0 Å². The molecule has 1 aliphatic heterocycles. The number of fused-ring (bicyclic) bond motifs is 1. The van der Waals surface area contributed by atoms with Crippen molar-refractivity contribution in [1.29, 1.82) is 0 Å². The maximum absolute atomic E-state index is 12.5. The molecule has 0 bridgehead atoms. The lowest BCUT2D eigenvalue weighted by atomic mass is 10.1. The molecule has 0 aliphatic carbocycles. The van der Waals surface area contributed by atoms with E-state index in [0.717, 1.165) is 11.3 Å². The summed E-state index contributed by atoms with van der Waals surface area (Å²) < 4.78 is 22.4. The first kappa shape index (κ1) is 14.6. The van der Waals surface area contributed by atoms with Crippen molar-refractivity contribution >= 4 is 15.9 Å². The number of nitrogens with two attached hydrogens (primary N) is 1. The zero-order valence-electron chi connectivity index (χ0n) is 11.6. The van der Waals surface area contributed by atoms with Gasteiger partial charge in [-0.15, -0.1) is 0 Å². The average molecular weight is 318 g/mol. The molecule has 0 atom stereocenters. The van der Waals surface area contributed by atoms with Crippen LogP contribution in [0.3, 0.4) is 0 Å². The predicted octanol–water partition coefficient (Wildman–Crippen LogP) is 0.322. The number of sulfonamides is 1. The van der Waals surface area contributed by atoms with Crippen LogP contribution in [0.4, 0.5) is 0 Å². The number of aromatic nitrogens is 2. The van der Waals surface area contributed by atoms with E-state index in [2.05, 4.69) is 9.97 Å². The second-order valence-electron chi connectivity index (χ2n) is 5.04. The molecule has 114 valence electrons. The van der Waals surface area contributed by atoms with Crippen molar-refractivity contribution in [3.05, 3.63) is 53.6 Å². The molecule has 7 nitrogen and oxygen atoms in total. The van der Waals surface area contributed by atoms with Crippen molar-refractivity contribution in [3.8, 4) is 0 Å². The molecule has 2 aromatic rings. The Morgan fingerprint density at radius 2 is 1.95 bits per heavy atom. The summed E-state index contributed by atoms with van der Waals surface area (Å²) in [5.41, 5.74) is 2.32. The molecule has 22 heavy (non-hydrogen) atoms. The summed E-state index contributed by atoms with van der Waals surface area (Å²) in [6, 6.07) is 5.62. The number of hydrogen-bond donors (Lipinski definition) is 1. The lowest BCUT2D eigenvalue weighted by molar-refractivity contribution is 0.0733. The summed E-state index contributed by atoms with van der Waals surface area (Å²) in [7, 11) is -3.75. The van der Waals surface area contributed by atoms with E-state index in [1.165, 1.54) is 30.6 Å². The summed E-state index contributed by atoms with van der Waals surface area (Å²) in [6.07, 6.45) is 3.90. The largest absolute Gasteiger partial charge is 0.334 e. The number of amides is 1. The van der Waals surface area contributed by atoms with E-state index in [1.807, 2.05) is 0 Å². The Morgan fingerprint density at radius 3 is 2.64 bits per heavy atom. The van der Waals surface area contributed by atoms with E-state index >= 15 is 0 Å². The van der Waals surface area contributed by atoms with Crippen LogP contribution in [0.2, 0.25) is 0 Å². The van der Waals surface area contributed by atoms with Crippen molar-refractivity contribution in [2.24, 2.45) is 5.14 Å². The number of primary sulfonamides is 1. The van der Waals surface area contributed by atoms with Gasteiger partial charge >= 0.3 is 0 Å². The number of carbonyl (C=O) groups excluding carboxylic acids is 1. The van der Waals surface area contributed by atoms with E-state index in [1.54, 1.807) is 11.1 Å². The molecule has 0 unspecified atom stereocenters. The van der Waals surface area contributed by atoms with Gasteiger partial charge in [-0.1, -0.05) is 0 Å². The highest BCUT2D eigenvalue weighted by atomic mass is 32.2. The Kier molecular flexibility index (Phi) is 3.63. The van der Waals surface area contributed by atoms with E-state index in [9.17, 15) is 13.2 Å². The molecule has 1 aliphatic rings. The fraction of sp³-hybridized carbons (Fsp3) is 0.214. The number of hydrogen-bond acceptors (Lipinski definition) is 5. The minimum absolute atomic E-state index is 0.0126. The van der Waals surface area contributed by atoms with Crippen LogP contribution in [0.25, 0.3) is 0 Å². The Labute approximate surface area is 127 Å². The topological polar surface area (TPSA) is 106 Å². The molecule has 0 spiro atoms. The first-order valence-corrected chi connectivity index (χ1v) is 8.20. The predicted molar refractivity (Wildman–Crippen MR) is 78.3 cm³/mol. The molecular formula is C14H14N4O3S. The van der Waals surface area contributed by atoms with Gasteiger partial charge in [0.15, 0.2) is 0 Å². The third-order valence-electron chi connectivity index (χ3n) is 3.58. The SMILES string of the molecule is NS(=O)(=O)c1ccc(C(=O)N2CCc3ncncc3C2)cc1. The highest BCUT2D eigenvalue weighted by Gasteiger charge is 2.22. The van der Waals surface area contributed by atoms with Crippen LogP contribution in [0.1, 0.15) is 21.6 Å². The molecule has 0 fully saturated rings. The summed E-state index contributed by atoms with van der Waals surface area (Å²) in [6.45, 7) is 1.02. The lowest BCUT2D eigenvalue weighted by Crippen LogP contribution is -2.36. The molecule has 0 radical (unpaired) electrons. The monoisotopic (exact) mass is 318 g/mol. The highest BCUT2D eigenvalue weighted by Crippen LogP contribution is 2.18. The highest BCUT2D eigenvalue weighted by molar-refractivity contribution is 7.89. The van der Waals surface area contributed by atoms with Crippen molar-refractivity contribution in [2.75, 3.05) is 6.54 Å². The van der Waals surface area contributed by atoms with Crippen LogP contribution in [-0.4, -0.2) is 35.7 Å². The van der Waals surface area contributed by atoms with Gasteiger partial charge in [0, 0.05) is 36.8 Å². The van der Waals surface area contributed by atoms with Gasteiger partial charge in [0.05, 0.1) is 10.6 Å². The Bertz CT molecular complexity index is 818. The standard InChI is InChI=1S/C14H14N4O3S/c15-22(20,21)12-3-1-10(2-4-12)14(19)18-6-5-13-11(8-18)7-16-9-17-13/h1-4,7,9H,5-6,8H2,(H2,15,20,21). The van der Waals surface area contributed by atoms with Crippen LogP contribution in [0, 0.1) is 0 Å². The van der Waals surface area contributed by atoms with Gasteiger partial charge in [-0.25, -0.2) is 23.5 Å². The Balaban J connectivity index is 1.81. The van der Waals surface area contributed by atoms with E-state index < -0.39 is 10.0 Å². The number of rotatable bonds is 2. The molecule has 1 aromatic heterocycles. The maximum Gasteiger partial charge on any atom is 0.254 e. The number of nitrogens with zero attached hydrogens (tertiary/aromatic N) is 3. The molecule has 0 saturated heterocycles. The molecule has 1 aromatic carbocycles. The van der Waals surface area contributed by atoms with Gasteiger partial charge < -0.3 is 4.90 Å². The second kappa shape index (κ2) is 5.47. The van der Waals surface area contributed by atoms with Crippen LogP contribution in [-0.2, 0) is 23.0 Å². The van der Waals surface area contributed by atoms with Gasteiger partial charge in [-0.2, -0.15) is 0 Å². The maximum atomic E-state index is 12.5. The molecular weight excluding hydrogens is 304 g/mol. The van der Waals surface area contributed by atoms with Crippen molar-refractivity contribution < 1.29 is 13.2 Å². The molecule has 8 heteroatoms. The third kappa shape index (κ3) is 2.83. The smallest absolute Gasteiger partial charge is 0.254 e. The van der Waals surface area contributed by atoms with Gasteiger partial charge in [0.2, 0.25) is 10.0 Å². The summed E-state index contributed by atoms with van der Waals surface area (Å²) in [5, 5.41) is 5.04. The Hall–Kier alpha value is -2.32. The van der Waals surface area contributed by atoms with Gasteiger partial charge in [0.1, 0.15) is 6.33 Å². The van der Waals surface area contributed by atoms with E-state index in [4.69, 9.17) is 5.14 Å². The van der Waals surface area contributed by atoms with Crippen molar-refractivity contribution in [2.45, 2.75) is 17.9 Å². The molecule has 1 amide bonds. The molecule has 0 saturated carbocycles.